The van der Waals surface area contributed by atoms with Gasteiger partial charge in [-0.2, -0.15) is 13.2 Å². The number of alkyl halides is 3. The Balaban J connectivity index is 1.64. The van der Waals surface area contributed by atoms with Crippen molar-refractivity contribution < 1.29 is 18.0 Å². The van der Waals surface area contributed by atoms with Crippen LogP contribution in [0.1, 0.15) is 24.3 Å². The average molecular weight is 393 g/mol. The first-order chi connectivity index (χ1) is 10.8. The summed E-state index contributed by atoms with van der Waals surface area (Å²) in [4.78, 5) is 13.2. The third-order valence-electron chi connectivity index (χ3n) is 3.89. The van der Waals surface area contributed by atoms with Crippen LogP contribution in [0.2, 0.25) is 0 Å². The van der Waals surface area contributed by atoms with E-state index in [9.17, 15) is 18.0 Å². The van der Waals surface area contributed by atoms with Crippen molar-refractivity contribution in [1.82, 2.24) is 10.2 Å². The second-order valence-electron chi connectivity index (χ2n) is 6.00. The highest BCUT2D eigenvalue weighted by Crippen LogP contribution is 2.47. The third kappa shape index (κ3) is 6.14. The number of nitrogens with one attached hydrogen (secondary N) is 1. The first-order valence-electron chi connectivity index (χ1n) is 7.55. The van der Waals surface area contributed by atoms with Crippen LogP contribution < -0.4 is 5.32 Å². The molecular formula is C16H20BrF3N2O. The topological polar surface area (TPSA) is 32.3 Å². The maximum atomic E-state index is 12.2. The monoisotopic (exact) mass is 392 g/mol. The van der Waals surface area contributed by atoms with Crippen LogP contribution in [-0.2, 0) is 4.79 Å². The molecule has 1 N–H and O–H groups in total. The van der Waals surface area contributed by atoms with Gasteiger partial charge in [-0.3, -0.25) is 9.69 Å². The third-order valence-corrected chi connectivity index (χ3v) is 4.42. The second kappa shape index (κ2) is 7.66. The number of benzene rings is 1. The summed E-state index contributed by atoms with van der Waals surface area (Å²) in [5.74, 6) is 0.247. The van der Waals surface area contributed by atoms with E-state index in [1.54, 1.807) is 0 Å². The van der Waals surface area contributed by atoms with Crippen LogP contribution in [0, 0.1) is 5.92 Å². The summed E-state index contributed by atoms with van der Waals surface area (Å²) in [7, 11) is 1.43. The largest absolute Gasteiger partial charge is 0.401 e. The maximum absolute atomic E-state index is 12.2. The number of amides is 1. The molecule has 0 heterocycles. The van der Waals surface area contributed by atoms with Gasteiger partial charge in [0.15, 0.2) is 0 Å². The Bertz CT molecular complexity index is 533. The van der Waals surface area contributed by atoms with Gasteiger partial charge in [-0.25, -0.2) is 0 Å². The standard InChI is InChI=1S/C16H20BrF3N2O/c1-22(10-16(18,19)20)8-2-7-21-15(23)14-9-13(14)11-3-5-12(17)6-4-11/h3-6,13-14H,2,7-10H2,1H3,(H,21,23). The molecule has 23 heavy (non-hydrogen) atoms. The minimum absolute atomic E-state index is 0.00334. The van der Waals surface area contributed by atoms with Gasteiger partial charge in [0.05, 0.1) is 6.54 Å². The van der Waals surface area contributed by atoms with E-state index in [0.717, 1.165) is 16.5 Å². The van der Waals surface area contributed by atoms with E-state index in [1.165, 1.54) is 11.9 Å². The fourth-order valence-electron chi connectivity index (χ4n) is 2.64. The molecule has 0 radical (unpaired) electrons. The highest BCUT2D eigenvalue weighted by Gasteiger charge is 2.43. The highest BCUT2D eigenvalue weighted by molar-refractivity contribution is 9.10. The van der Waals surface area contributed by atoms with E-state index in [4.69, 9.17) is 0 Å². The minimum atomic E-state index is -4.18. The summed E-state index contributed by atoms with van der Waals surface area (Å²) in [6.07, 6.45) is -2.83. The number of halogens is 4. The van der Waals surface area contributed by atoms with Crippen LogP contribution in [-0.4, -0.2) is 43.7 Å². The first kappa shape index (κ1) is 18.3. The smallest absolute Gasteiger partial charge is 0.356 e. The van der Waals surface area contributed by atoms with Crippen molar-refractivity contribution in [3.8, 4) is 0 Å². The summed E-state index contributed by atoms with van der Waals surface area (Å²) >= 11 is 3.38. The van der Waals surface area contributed by atoms with Gasteiger partial charge in [-0.05, 0) is 50.0 Å². The Labute approximate surface area is 142 Å². The molecule has 0 bridgehead atoms. The molecule has 1 aliphatic carbocycles. The highest BCUT2D eigenvalue weighted by atomic mass is 79.9. The molecule has 1 saturated carbocycles. The molecular weight excluding hydrogens is 373 g/mol. The van der Waals surface area contributed by atoms with Crippen LogP contribution in [0.4, 0.5) is 13.2 Å². The van der Waals surface area contributed by atoms with Gasteiger partial charge in [0.1, 0.15) is 0 Å². The van der Waals surface area contributed by atoms with Gasteiger partial charge in [0, 0.05) is 16.9 Å². The number of carbonyl (C=O) groups is 1. The van der Waals surface area contributed by atoms with E-state index in [-0.39, 0.29) is 17.7 Å². The summed E-state index contributed by atoms with van der Waals surface area (Å²) in [6, 6.07) is 7.93. The van der Waals surface area contributed by atoms with Crippen LogP contribution in [0.5, 0.6) is 0 Å². The Kier molecular flexibility index (Phi) is 6.08. The molecule has 0 aromatic heterocycles. The predicted molar refractivity (Wildman–Crippen MR) is 86.2 cm³/mol. The van der Waals surface area contributed by atoms with Gasteiger partial charge >= 0.3 is 6.18 Å². The number of hydrogen-bond acceptors (Lipinski definition) is 2. The summed E-state index contributed by atoms with van der Waals surface area (Å²) in [5.41, 5.74) is 1.15. The fraction of sp³-hybridized carbons (Fsp3) is 0.562. The lowest BCUT2D eigenvalue weighted by molar-refractivity contribution is -0.143. The molecule has 3 nitrogen and oxygen atoms in total. The lowest BCUT2D eigenvalue weighted by Gasteiger charge is -2.18. The summed E-state index contributed by atoms with van der Waals surface area (Å²) in [6.45, 7) is -0.208. The molecule has 128 valence electrons. The molecule has 1 fully saturated rings. The molecule has 0 spiro atoms. The van der Waals surface area contributed by atoms with Gasteiger partial charge in [-0.1, -0.05) is 28.1 Å². The zero-order valence-corrected chi connectivity index (χ0v) is 14.5. The Morgan fingerprint density at radius 3 is 2.61 bits per heavy atom. The van der Waals surface area contributed by atoms with E-state index in [0.29, 0.717) is 19.5 Å². The summed E-state index contributed by atoms with van der Waals surface area (Å²) < 4.78 is 37.5. The molecule has 1 aromatic carbocycles. The minimum Gasteiger partial charge on any atom is -0.356 e. The van der Waals surface area contributed by atoms with Crippen molar-refractivity contribution >= 4 is 21.8 Å². The van der Waals surface area contributed by atoms with E-state index in [1.807, 2.05) is 24.3 Å². The molecule has 2 rings (SSSR count). The molecule has 1 aromatic rings. The first-order valence-corrected chi connectivity index (χ1v) is 8.34. The Hall–Kier alpha value is -1.08. The fourth-order valence-corrected chi connectivity index (χ4v) is 2.90. The van der Waals surface area contributed by atoms with Gasteiger partial charge in [0.2, 0.25) is 5.91 Å². The van der Waals surface area contributed by atoms with Gasteiger partial charge in [0.25, 0.3) is 0 Å². The molecule has 1 amide bonds. The lowest BCUT2D eigenvalue weighted by atomic mass is 10.1. The Morgan fingerprint density at radius 2 is 2.00 bits per heavy atom. The SMILES string of the molecule is CN(CCCNC(=O)C1CC1c1ccc(Br)cc1)CC(F)(F)F. The second-order valence-corrected chi connectivity index (χ2v) is 6.91. The average Bonchev–Trinajstić information content (AvgIpc) is 3.23. The van der Waals surface area contributed by atoms with Crippen LogP contribution in [0.25, 0.3) is 0 Å². The molecule has 7 heteroatoms. The number of hydrogen-bond donors (Lipinski definition) is 1. The molecule has 2 atom stereocenters. The lowest BCUT2D eigenvalue weighted by Crippen LogP contribution is -2.34. The summed E-state index contributed by atoms with van der Waals surface area (Å²) in [5, 5.41) is 2.82. The van der Waals surface area contributed by atoms with E-state index in [2.05, 4.69) is 21.2 Å². The molecule has 0 aliphatic heterocycles. The van der Waals surface area contributed by atoms with Crippen molar-refractivity contribution in [1.29, 1.82) is 0 Å². The Morgan fingerprint density at radius 1 is 1.35 bits per heavy atom. The number of nitrogens with zero attached hydrogens (tertiary/aromatic N) is 1. The van der Waals surface area contributed by atoms with E-state index >= 15 is 0 Å². The zero-order chi connectivity index (χ0) is 17.0. The molecule has 2 unspecified atom stereocenters. The van der Waals surface area contributed by atoms with Crippen LogP contribution in [0.3, 0.4) is 0 Å². The van der Waals surface area contributed by atoms with Crippen LogP contribution in [0.15, 0.2) is 28.7 Å². The van der Waals surface area contributed by atoms with Crippen molar-refractivity contribution in [3.05, 3.63) is 34.3 Å². The van der Waals surface area contributed by atoms with Gasteiger partial charge in [-0.15, -0.1) is 0 Å². The molecule has 0 saturated heterocycles. The maximum Gasteiger partial charge on any atom is 0.401 e. The zero-order valence-electron chi connectivity index (χ0n) is 12.9. The van der Waals surface area contributed by atoms with Crippen molar-refractivity contribution in [2.75, 3.05) is 26.7 Å². The predicted octanol–water partition coefficient (Wildman–Crippen LogP) is 3.55. The normalized spacial score (nSPS) is 20.6. The van der Waals surface area contributed by atoms with Crippen molar-refractivity contribution in [3.63, 3.8) is 0 Å². The number of carbonyl (C=O) groups excluding carboxylic acids is 1. The van der Waals surface area contributed by atoms with Crippen molar-refractivity contribution in [2.24, 2.45) is 5.92 Å². The van der Waals surface area contributed by atoms with Gasteiger partial charge < -0.3 is 5.32 Å². The number of rotatable bonds is 7. The van der Waals surface area contributed by atoms with Crippen molar-refractivity contribution in [2.45, 2.75) is 24.9 Å². The van der Waals surface area contributed by atoms with E-state index < -0.39 is 12.7 Å². The molecule has 1 aliphatic rings. The van der Waals surface area contributed by atoms with Crippen LogP contribution >= 0.6 is 15.9 Å². The quantitative estimate of drug-likeness (QED) is 0.719.